The van der Waals surface area contributed by atoms with Gasteiger partial charge in [-0.05, 0) is 32.6 Å². The van der Waals surface area contributed by atoms with Crippen LogP contribution in [0, 0.1) is 0 Å². The number of nitrogens with one attached hydrogen (secondary N) is 1. The van der Waals surface area contributed by atoms with Gasteiger partial charge in [-0.1, -0.05) is 0 Å². The molecule has 0 saturated carbocycles. The smallest absolute Gasteiger partial charge is 0.114 e. The molecule has 14 heavy (non-hydrogen) atoms. The van der Waals surface area contributed by atoms with Crippen LogP contribution in [0.3, 0.4) is 0 Å². The zero-order valence-electron chi connectivity index (χ0n) is 8.73. The molecule has 0 bridgehead atoms. The van der Waals surface area contributed by atoms with Crippen LogP contribution in [0.5, 0.6) is 0 Å². The fourth-order valence-electron chi connectivity index (χ4n) is 1.07. The number of hydrogen-bond acceptors (Lipinski definition) is 4. The summed E-state index contributed by atoms with van der Waals surface area (Å²) in [5, 5.41) is 4.24. The number of rotatable bonds is 6. The molecule has 1 atom stereocenters. The van der Waals surface area contributed by atoms with Crippen LogP contribution in [-0.4, -0.2) is 28.8 Å². The molecule has 1 aromatic rings. The Morgan fingerprint density at radius 1 is 1.50 bits per heavy atom. The molecule has 0 fully saturated rings. The quantitative estimate of drug-likeness (QED) is 0.576. The van der Waals surface area contributed by atoms with Crippen molar-refractivity contribution < 1.29 is 0 Å². The van der Waals surface area contributed by atoms with E-state index in [1.807, 2.05) is 13.2 Å². The van der Waals surface area contributed by atoms with E-state index in [9.17, 15) is 0 Å². The van der Waals surface area contributed by atoms with Crippen molar-refractivity contribution in [3.05, 3.63) is 18.6 Å². The van der Waals surface area contributed by atoms with Gasteiger partial charge >= 0.3 is 0 Å². The van der Waals surface area contributed by atoms with Crippen molar-refractivity contribution in [2.75, 3.05) is 12.8 Å². The van der Waals surface area contributed by atoms with Crippen molar-refractivity contribution in [3.63, 3.8) is 0 Å². The SMILES string of the molecule is CNC(C)CCCSc1cnccn1. The molecule has 0 aliphatic carbocycles. The van der Waals surface area contributed by atoms with Crippen LogP contribution in [-0.2, 0) is 0 Å². The molecule has 1 N–H and O–H groups in total. The van der Waals surface area contributed by atoms with E-state index in [0.29, 0.717) is 6.04 Å². The summed E-state index contributed by atoms with van der Waals surface area (Å²) in [6.45, 7) is 2.20. The molecule has 0 aliphatic rings. The second-order valence-electron chi connectivity index (χ2n) is 3.22. The van der Waals surface area contributed by atoms with E-state index in [2.05, 4.69) is 22.2 Å². The van der Waals surface area contributed by atoms with Gasteiger partial charge in [0.2, 0.25) is 0 Å². The monoisotopic (exact) mass is 211 g/mol. The minimum Gasteiger partial charge on any atom is -0.317 e. The third kappa shape index (κ3) is 4.58. The first-order valence-electron chi connectivity index (χ1n) is 4.89. The summed E-state index contributed by atoms with van der Waals surface area (Å²) in [5.74, 6) is 1.12. The fraction of sp³-hybridized carbons (Fsp3) is 0.600. The van der Waals surface area contributed by atoms with Gasteiger partial charge in [0.05, 0.1) is 6.20 Å². The van der Waals surface area contributed by atoms with Crippen LogP contribution in [0.2, 0.25) is 0 Å². The molecule has 1 unspecified atom stereocenters. The Balaban J connectivity index is 2.10. The highest BCUT2D eigenvalue weighted by Crippen LogP contribution is 2.15. The van der Waals surface area contributed by atoms with E-state index in [-0.39, 0.29) is 0 Å². The Morgan fingerprint density at radius 3 is 3.00 bits per heavy atom. The average Bonchev–Trinajstić information content (AvgIpc) is 2.25. The van der Waals surface area contributed by atoms with Gasteiger partial charge in [-0.3, -0.25) is 4.98 Å². The highest BCUT2D eigenvalue weighted by Gasteiger charge is 1.98. The zero-order chi connectivity index (χ0) is 10.2. The van der Waals surface area contributed by atoms with Crippen molar-refractivity contribution in [2.45, 2.75) is 30.8 Å². The fourth-order valence-corrected chi connectivity index (χ4v) is 1.86. The van der Waals surface area contributed by atoms with E-state index in [0.717, 1.165) is 10.8 Å². The van der Waals surface area contributed by atoms with Gasteiger partial charge in [-0.25, -0.2) is 4.98 Å². The lowest BCUT2D eigenvalue weighted by Gasteiger charge is -2.08. The highest BCUT2D eigenvalue weighted by atomic mass is 32.2. The normalized spacial score (nSPS) is 12.7. The number of thioether (sulfide) groups is 1. The van der Waals surface area contributed by atoms with Gasteiger partial charge in [-0.15, -0.1) is 11.8 Å². The molecule has 1 heterocycles. The number of aromatic nitrogens is 2. The van der Waals surface area contributed by atoms with Crippen LogP contribution in [0.4, 0.5) is 0 Å². The lowest BCUT2D eigenvalue weighted by atomic mass is 10.2. The number of nitrogens with zero attached hydrogens (tertiary/aromatic N) is 2. The summed E-state index contributed by atoms with van der Waals surface area (Å²) in [6.07, 6.45) is 7.67. The van der Waals surface area contributed by atoms with Gasteiger partial charge in [-0.2, -0.15) is 0 Å². The zero-order valence-corrected chi connectivity index (χ0v) is 9.55. The molecule has 1 aromatic heterocycles. The van der Waals surface area contributed by atoms with Crippen molar-refractivity contribution in [2.24, 2.45) is 0 Å². The van der Waals surface area contributed by atoms with E-state index >= 15 is 0 Å². The highest BCUT2D eigenvalue weighted by molar-refractivity contribution is 7.99. The first kappa shape index (κ1) is 11.5. The van der Waals surface area contributed by atoms with Gasteiger partial charge < -0.3 is 5.32 Å². The summed E-state index contributed by atoms with van der Waals surface area (Å²) >= 11 is 1.77. The third-order valence-electron chi connectivity index (χ3n) is 2.06. The summed E-state index contributed by atoms with van der Waals surface area (Å²) in [5.41, 5.74) is 0. The van der Waals surface area contributed by atoms with Crippen molar-refractivity contribution in [1.82, 2.24) is 15.3 Å². The second kappa shape index (κ2) is 6.79. The molecule has 0 aliphatic heterocycles. The van der Waals surface area contributed by atoms with Gasteiger partial charge in [0, 0.05) is 18.4 Å². The maximum absolute atomic E-state index is 4.20. The second-order valence-corrected chi connectivity index (χ2v) is 4.34. The van der Waals surface area contributed by atoms with E-state index in [1.165, 1.54) is 12.8 Å². The van der Waals surface area contributed by atoms with Gasteiger partial charge in [0.1, 0.15) is 5.03 Å². The van der Waals surface area contributed by atoms with E-state index < -0.39 is 0 Å². The Hall–Kier alpha value is -0.610. The first-order chi connectivity index (χ1) is 6.83. The Bertz CT molecular complexity index is 240. The summed E-state index contributed by atoms with van der Waals surface area (Å²) in [7, 11) is 2.00. The topological polar surface area (TPSA) is 37.8 Å². The van der Waals surface area contributed by atoms with E-state index in [1.54, 1.807) is 24.2 Å². The Labute approximate surface area is 89.7 Å². The van der Waals surface area contributed by atoms with Crippen molar-refractivity contribution >= 4 is 11.8 Å². The molecular formula is C10H17N3S. The molecule has 3 nitrogen and oxygen atoms in total. The molecule has 0 aromatic carbocycles. The minimum atomic E-state index is 0.609. The molecule has 0 radical (unpaired) electrons. The molecule has 1 rings (SSSR count). The lowest BCUT2D eigenvalue weighted by molar-refractivity contribution is 0.559. The Kier molecular flexibility index (Phi) is 5.56. The maximum atomic E-state index is 4.20. The molecular weight excluding hydrogens is 194 g/mol. The van der Waals surface area contributed by atoms with Crippen LogP contribution < -0.4 is 5.32 Å². The van der Waals surface area contributed by atoms with Gasteiger partial charge in [0.25, 0.3) is 0 Å². The largest absolute Gasteiger partial charge is 0.317 e. The van der Waals surface area contributed by atoms with Crippen LogP contribution in [0.15, 0.2) is 23.6 Å². The minimum absolute atomic E-state index is 0.609. The molecule has 0 spiro atoms. The van der Waals surface area contributed by atoms with Crippen molar-refractivity contribution in [1.29, 1.82) is 0 Å². The summed E-state index contributed by atoms with van der Waals surface area (Å²) < 4.78 is 0. The number of hydrogen-bond donors (Lipinski definition) is 1. The molecule has 78 valence electrons. The van der Waals surface area contributed by atoms with Crippen molar-refractivity contribution in [3.8, 4) is 0 Å². The lowest BCUT2D eigenvalue weighted by Crippen LogP contribution is -2.20. The molecule has 0 saturated heterocycles. The predicted molar refractivity (Wildman–Crippen MR) is 60.5 cm³/mol. The summed E-state index contributed by atoms with van der Waals surface area (Å²) in [4.78, 5) is 8.22. The molecule has 4 heteroatoms. The Morgan fingerprint density at radius 2 is 2.36 bits per heavy atom. The standard InChI is InChI=1S/C10H17N3S/c1-9(11-2)4-3-7-14-10-8-12-5-6-13-10/h5-6,8-9,11H,3-4,7H2,1-2H3. The maximum Gasteiger partial charge on any atom is 0.114 e. The average molecular weight is 211 g/mol. The van der Waals surface area contributed by atoms with Gasteiger partial charge in [0.15, 0.2) is 0 Å². The van der Waals surface area contributed by atoms with Crippen LogP contribution in [0.25, 0.3) is 0 Å². The first-order valence-corrected chi connectivity index (χ1v) is 5.87. The van der Waals surface area contributed by atoms with Crippen LogP contribution >= 0.6 is 11.8 Å². The predicted octanol–water partition coefficient (Wildman–Crippen LogP) is 1.96. The van der Waals surface area contributed by atoms with Crippen LogP contribution in [0.1, 0.15) is 19.8 Å². The molecule has 0 amide bonds. The third-order valence-corrected chi connectivity index (χ3v) is 3.06. The summed E-state index contributed by atoms with van der Waals surface area (Å²) in [6, 6.07) is 0.609. The van der Waals surface area contributed by atoms with E-state index in [4.69, 9.17) is 0 Å².